The Kier molecular flexibility index (Phi) is 6.76. The van der Waals surface area contributed by atoms with Gasteiger partial charge in [0, 0.05) is 24.0 Å². The van der Waals surface area contributed by atoms with Crippen LogP contribution in [0.4, 0.5) is 0 Å². The minimum atomic E-state index is -0.0717. The average molecular weight is 396 g/mol. The zero-order valence-electron chi connectivity index (χ0n) is 16.5. The van der Waals surface area contributed by atoms with Crippen LogP contribution in [0.2, 0.25) is 0 Å². The molecule has 1 amide bonds. The van der Waals surface area contributed by atoms with Crippen LogP contribution in [-0.4, -0.2) is 29.5 Å². The van der Waals surface area contributed by atoms with E-state index < -0.39 is 0 Å². The van der Waals surface area contributed by atoms with Crippen molar-refractivity contribution in [2.45, 2.75) is 33.1 Å². The molecule has 0 aliphatic carbocycles. The monoisotopic (exact) mass is 395 g/mol. The number of ether oxygens (including phenoxy) is 1. The summed E-state index contributed by atoms with van der Waals surface area (Å²) in [7, 11) is 1.65. The summed E-state index contributed by atoms with van der Waals surface area (Å²) in [4.78, 5) is 22.3. The number of rotatable bonds is 8. The molecule has 3 rings (SSSR count). The molecule has 0 saturated carbocycles. The topological polar surface area (TPSA) is 64.1 Å². The summed E-state index contributed by atoms with van der Waals surface area (Å²) in [6.45, 7) is 4.59. The zero-order valence-corrected chi connectivity index (χ0v) is 17.3. The average Bonchev–Trinajstić information content (AvgIpc) is 3.11. The quantitative estimate of drug-likeness (QED) is 0.612. The maximum Gasteiger partial charge on any atom is 0.263 e. The Hall–Kier alpha value is -2.73. The van der Waals surface area contributed by atoms with E-state index in [1.54, 1.807) is 7.11 Å². The van der Waals surface area contributed by atoms with Crippen molar-refractivity contribution in [1.29, 1.82) is 0 Å². The number of carbonyl (C=O) groups is 1. The normalized spacial score (nSPS) is 10.7. The fraction of sp³-hybridized carbons (Fsp3) is 0.318. The van der Waals surface area contributed by atoms with E-state index in [2.05, 4.69) is 28.3 Å². The molecular formula is C22H25N3O2S. The number of amides is 1. The highest BCUT2D eigenvalue weighted by molar-refractivity contribution is 7.17. The Morgan fingerprint density at radius 1 is 1.18 bits per heavy atom. The van der Waals surface area contributed by atoms with E-state index in [1.165, 1.54) is 11.3 Å². The molecule has 0 fully saturated rings. The molecule has 0 unspecified atom stereocenters. The van der Waals surface area contributed by atoms with Crippen molar-refractivity contribution >= 4 is 17.2 Å². The summed E-state index contributed by atoms with van der Waals surface area (Å²) in [5.41, 5.74) is 3.99. The summed E-state index contributed by atoms with van der Waals surface area (Å²) in [6.07, 6.45) is 4.57. The summed E-state index contributed by atoms with van der Waals surface area (Å²) in [5.74, 6) is 0.761. The molecular weight excluding hydrogens is 370 g/mol. The third kappa shape index (κ3) is 4.95. The minimum absolute atomic E-state index is 0.0717. The summed E-state index contributed by atoms with van der Waals surface area (Å²) in [6, 6.07) is 11.9. The Balaban J connectivity index is 1.63. The van der Waals surface area contributed by atoms with E-state index in [9.17, 15) is 4.79 Å². The lowest BCUT2D eigenvalue weighted by Gasteiger charge is -2.05. The number of thiazole rings is 1. The molecule has 146 valence electrons. The first kappa shape index (κ1) is 20.0. The van der Waals surface area contributed by atoms with Crippen LogP contribution in [0.5, 0.6) is 5.75 Å². The molecule has 0 bridgehead atoms. The van der Waals surface area contributed by atoms with Gasteiger partial charge in [0.05, 0.1) is 12.8 Å². The third-order valence-corrected chi connectivity index (χ3v) is 5.64. The first-order chi connectivity index (χ1) is 13.6. The Morgan fingerprint density at radius 2 is 1.96 bits per heavy atom. The predicted molar refractivity (Wildman–Crippen MR) is 113 cm³/mol. The molecule has 5 nitrogen and oxygen atoms in total. The third-order valence-electron chi connectivity index (χ3n) is 4.43. The van der Waals surface area contributed by atoms with E-state index in [4.69, 9.17) is 4.74 Å². The first-order valence-corrected chi connectivity index (χ1v) is 10.3. The predicted octanol–water partition coefficient (Wildman–Crippen LogP) is 4.45. The highest BCUT2D eigenvalue weighted by Gasteiger charge is 2.16. The van der Waals surface area contributed by atoms with E-state index in [1.807, 2.05) is 43.5 Å². The molecule has 0 atom stereocenters. The van der Waals surface area contributed by atoms with E-state index in [0.29, 0.717) is 11.4 Å². The van der Waals surface area contributed by atoms with Crippen molar-refractivity contribution in [2.75, 3.05) is 13.7 Å². The van der Waals surface area contributed by atoms with Gasteiger partial charge in [-0.1, -0.05) is 25.5 Å². The number of aromatic nitrogens is 2. The van der Waals surface area contributed by atoms with E-state index in [-0.39, 0.29) is 5.91 Å². The highest BCUT2D eigenvalue weighted by Crippen LogP contribution is 2.28. The van der Waals surface area contributed by atoms with Crippen LogP contribution >= 0.6 is 11.3 Å². The highest BCUT2D eigenvalue weighted by atomic mass is 32.1. The molecule has 0 aliphatic rings. The number of aryl methyl sites for hydroxylation is 2. The lowest BCUT2D eigenvalue weighted by molar-refractivity contribution is 0.0957. The largest absolute Gasteiger partial charge is 0.497 e. The maximum atomic E-state index is 12.6. The standard InChI is InChI=1S/C22H25N3O2S/c1-4-5-18-14-17(11-13-23-18)22-25-15(2)20(28-22)21(26)24-12-10-16-6-8-19(27-3)9-7-16/h6-9,11,13-14H,4-5,10,12H2,1-3H3,(H,24,26). The van der Waals surface area contributed by atoms with E-state index in [0.717, 1.165) is 52.5 Å². The second kappa shape index (κ2) is 9.46. The molecule has 28 heavy (non-hydrogen) atoms. The van der Waals surface area contributed by atoms with Gasteiger partial charge in [-0.05, 0) is 49.6 Å². The first-order valence-electron chi connectivity index (χ1n) is 9.44. The van der Waals surface area contributed by atoms with Gasteiger partial charge >= 0.3 is 0 Å². The van der Waals surface area contributed by atoms with Gasteiger partial charge in [-0.2, -0.15) is 0 Å². The molecule has 0 aliphatic heterocycles. The van der Waals surface area contributed by atoms with Gasteiger partial charge in [0.15, 0.2) is 0 Å². The molecule has 1 N–H and O–H groups in total. The SMILES string of the molecule is CCCc1cc(-c2nc(C)c(C(=O)NCCc3ccc(OC)cc3)s2)ccn1. The maximum absolute atomic E-state index is 12.6. The van der Waals surface area contributed by atoms with Crippen LogP contribution in [0.15, 0.2) is 42.6 Å². The second-order valence-corrected chi connectivity index (χ2v) is 7.57. The van der Waals surface area contributed by atoms with Crippen LogP contribution in [0.3, 0.4) is 0 Å². The van der Waals surface area contributed by atoms with Crippen LogP contribution < -0.4 is 10.1 Å². The fourth-order valence-electron chi connectivity index (χ4n) is 2.93. The van der Waals surface area contributed by atoms with Gasteiger partial charge in [0.1, 0.15) is 15.6 Å². The van der Waals surface area contributed by atoms with Crippen molar-refractivity contribution in [3.63, 3.8) is 0 Å². The van der Waals surface area contributed by atoms with Crippen molar-refractivity contribution in [1.82, 2.24) is 15.3 Å². The molecule has 6 heteroatoms. The van der Waals surface area contributed by atoms with Crippen molar-refractivity contribution in [3.05, 3.63) is 64.4 Å². The number of methoxy groups -OCH3 is 1. The smallest absolute Gasteiger partial charge is 0.263 e. The molecule has 3 aromatic rings. The second-order valence-electron chi connectivity index (χ2n) is 6.57. The van der Waals surface area contributed by atoms with Gasteiger partial charge in [0.25, 0.3) is 5.91 Å². The number of pyridine rings is 1. The molecule has 2 heterocycles. The van der Waals surface area contributed by atoms with Gasteiger partial charge in [-0.25, -0.2) is 4.98 Å². The van der Waals surface area contributed by atoms with E-state index >= 15 is 0 Å². The lowest BCUT2D eigenvalue weighted by Crippen LogP contribution is -2.25. The van der Waals surface area contributed by atoms with Crippen LogP contribution in [0.25, 0.3) is 10.6 Å². The molecule has 0 saturated heterocycles. The summed E-state index contributed by atoms with van der Waals surface area (Å²) >= 11 is 1.43. The molecule has 2 aromatic heterocycles. The number of nitrogens with one attached hydrogen (secondary N) is 1. The minimum Gasteiger partial charge on any atom is -0.497 e. The van der Waals surface area contributed by atoms with Crippen molar-refractivity contribution < 1.29 is 9.53 Å². The van der Waals surface area contributed by atoms with Gasteiger partial charge in [-0.15, -0.1) is 11.3 Å². The summed E-state index contributed by atoms with van der Waals surface area (Å²) in [5, 5.41) is 3.86. The van der Waals surface area contributed by atoms with Crippen molar-refractivity contribution in [2.24, 2.45) is 0 Å². The zero-order chi connectivity index (χ0) is 19.9. The Morgan fingerprint density at radius 3 is 2.68 bits per heavy atom. The Labute approximate surface area is 169 Å². The Bertz CT molecular complexity index is 935. The van der Waals surface area contributed by atoms with Gasteiger partial charge < -0.3 is 10.1 Å². The molecule has 1 aromatic carbocycles. The summed E-state index contributed by atoms with van der Waals surface area (Å²) < 4.78 is 5.16. The number of hydrogen-bond acceptors (Lipinski definition) is 5. The van der Waals surface area contributed by atoms with Gasteiger partial charge in [0.2, 0.25) is 0 Å². The number of benzene rings is 1. The van der Waals surface area contributed by atoms with Gasteiger partial charge in [-0.3, -0.25) is 9.78 Å². The number of nitrogens with zero attached hydrogens (tertiary/aromatic N) is 2. The number of hydrogen-bond donors (Lipinski definition) is 1. The van der Waals surface area contributed by atoms with Crippen LogP contribution in [0.1, 0.15) is 40.0 Å². The fourth-order valence-corrected chi connectivity index (χ4v) is 3.91. The van der Waals surface area contributed by atoms with Crippen LogP contribution in [-0.2, 0) is 12.8 Å². The van der Waals surface area contributed by atoms with Crippen molar-refractivity contribution in [3.8, 4) is 16.3 Å². The molecule has 0 radical (unpaired) electrons. The lowest BCUT2D eigenvalue weighted by atomic mass is 10.1. The number of carbonyl (C=O) groups excluding carboxylic acids is 1. The van der Waals surface area contributed by atoms with Crippen LogP contribution in [0, 0.1) is 6.92 Å². The molecule has 0 spiro atoms.